The highest BCUT2D eigenvalue weighted by Crippen LogP contribution is 2.49. The maximum absolute atomic E-state index is 14.1. The van der Waals surface area contributed by atoms with Crippen LogP contribution in [0.3, 0.4) is 0 Å². The molecule has 24 nitrogen and oxygen atoms in total. The third-order valence-electron chi connectivity index (χ3n) is 15.0. The van der Waals surface area contributed by atoms with Crippen molar-refractivity contribution >= 4 is 76.4 Å². The van der Waals surface area contributed by atoms with Crippen molar-refractivity contribution in [2.24, 2.45) is 17.6 Å². The molecule has 0 saturated carbocycles. The van der Waals surface area contributed by atoms with E-state index in [1.807, 2.05) is 44.0 Å². The van der Waals surface area contributed by atoms with E-state index < -0.39 is 95.6 Å². The normalized spacial score (nSPS) is 25.2. The fourth-order valence-corrected chi connectivity index (χ4v) is 10.7. The number of alkyl carbamates (subject to hydrolysis) is 1. The number of hydrogen-bond donors (Lipinski definition) is 8. The number of nitrogens with two attached hydrogens (primary N) is 1. The number of nitrogens with zero attached hydrogens (tertiary/aromatic N) is 2. The van der Waals surface area contributed by atoms with E-state index in [1.165, 1.54) is 51.7 Å². The van der Waals surface area contributed by atoms with Crippen molar-refractivity contribution in [3.05, 3.63) is 76.9 Å². The maximum Gasteiger partial charge on any atom is 0.412 e. The predicted molar refractivity (Wildman–Crippen MR) is 304 cm³/mol. The number of allylic oxidation sites excluding steroid dienone is 3. The van der Waals surface area contributed by atoms with Gasteiger partial charge < -0.3 is 65.4 Å². The summed E-state index contributed by atoms with van der Waals surface area (Å²) in [6.07, 6.45) is 5.21. The molecule has 4 aliphatic heterocycles. The van der Waals surface area contributed by atoms with Crippen LogP contribution in [0.4, 0.5) is 31.4 Å². The third kappa shape index (κ3) is 16.6. The summed E-state index contributed by atoms with van der Waals surface area (Å²) in [4.78, 5) is 106. The fraction of sp³-hybridized carbons (Fsp3) is 0.544. The molecule has 4 heterocycles. The topological polar surface area (TPSA) is 320 Å². The highest BCUT2D eigenvalue weighted by atomic mass is 35.5. The molecule has 448 valence electrons. The Morgan fingerprint density at radius 2 is 1.67 bits per heavy atom. The van der Waals surface area contributed by atoms with Gasteiger partial charge in [0.1, 0.15) is 52.5 Å². The van der Waals surface area contributed by atoms with Crippen LogP contribution in [-0.4, -0.2) is 154 Å². The van der Waals surface area contributed by atoms with Crippen molar-refractivity contribution in [1.29, 1.82) is 0 Å². The number of unbranched alkanes of at least 4 members (excludes halogenated alkanes) is 2. The van der Waals surface area contributed by atoms with Crippen molar-refractivity contribution in [2.45, 2.75) is 140 Å². The van der Waals surface area contributed by atoms with Gasteiger partial charge in [-0.15, -0.1) is 0 Å². The number of rotatable bonds is 21. The Labute approximate surface area is 482 Å². The Morgan fingerprint density at radius 3 is 2.34 bits per heavy atom. The number of epoxide rings is 1. The van der Waals surface area contributed by atoms with E-state index in [0.29, 0.717) is 48.7 Å². The number of ether oxygens (including phenoxy) is 6. The van der Waals surface area contributed by atoms with Gasteiger partial charge in [-0.2, -0.15) is 0 Å². The first kappa shape index (κ1) is 63.8. The summed E-state index contributed by atoms with van der Waals surface area (Å²) in [6.45, 7) is 9.71. The van der Waals surface area contributed by atoms with E-state index in [4.69, 9.17) is 45.8 Å². The van der Waals surface area contributed by atoms with E-state index in [-0.39, 0.29) is 74.1 Å². The Balaban J connectivity index is 1.16. The van der Waals surface area contributed by atoms with Crippen LogP contribution in [0.2, 0.25) is 5.02 Å². The Kier molecular flexibility index (Phi) is 22.2. The van der Waals surface area contributed by atoms with Crippen LogP contribution in [0.25, 0.3) is 0 Å². The average molecular weight is 1160 g/mol. The first-order chi connectivity index (χ1) is 38.9. The Bertz CT molecular complexity index is 2780. The summed E-state index contributed by atoms with van der Waals surface area (Å²) in [5, 5.41) is 28.4. The van der Waals surface area contributed by atoms with Crippen LogP contribution in [0, 0.1) is 11.8 Å². The van der Waals surface area contributed by atoms with Gasteiger partial charge in [-0.25, -0.2) is 14.4 Å². The number of hydrogen-bond acceptors (Lipinski definition) is 16. The lowest BCUT2D eigenvalue weighted by atomic mass is 9.83. The molecule has 6 rings (SSSR count). The number of urea groups is 1. The number of imide groups is 1. The molecule has 0 unspecified atom stereocenters. The highest BCUT2D eigenvalue weighted by Gasteiger charge is 2.64. The lowest BCUT2D eigenvalue weighted by Crippen LogP contribution is -2.63. The summed E-state index contributed by atoms with van der Waals surface area (Å²) in [6, 6.07) is 5.30. The predicted octanol–water partition coefficient (Wildman–Crippen LogP) is 5.35. The summed E-state index contributed by atoms with van der Waals surface area (Å²) in [5.74, 6) is -2.75. The van der Waals surface area contributed by atoms with E-state index in [0.717, 1.165) is 16.0 Å². The number of carbonyl (C=O) groups is 8. The van der Waals surface area contributed by atoms with Gasteiger partial charge in [-0.05, 0) is 81.7 Å². The number of fused-ring (bicyclic) bond motifs is 5. The number of anilines is 3. The molecule has 2 aromatic carbocycles. The van der Waals surface area contributed by atoms with Crippen LogP contribution in [0.1, 0.15) is 91.5 Å². The maximum atomic E-state index is 14.1. The minimum absolute atomic E-state index is 0.0448. The van der Waals surface area contributed by atoms with Crippen molar-refractivity contribution in [3.8, 4) is 11.5 Å². The zero-order valence-electron chi connectivity index (χ0n) is 47.9. The minimum Gasteiger partial charge on any atom is -0.495 e. The van der Waals surface area contributed by atoms with Gasteiger partial charge in [0, 0.05) is 82.9 Å². The fourth-order valence-electron chi connectivity index (χ4n) is 10.3. The molecule has 0 spiro atoms. The number of halogens is 1. The highest BCUT2D eigenvalue weighted by molar-refractivity contribution is 6.34. The SMILES string of the molecule is COc1cc(NC(=O)O[C@H]2CCN(C)c3cc(cc(OC)c3Cl)C/C(C)=C/C=C/[C@@H](OC)[C@@]3(O)C[C@H](OC(=O)N3)[C@@H](C)[C@@H]3O[C@@]23C)ccc1NC(=O)[C@H](CCCNC(N)=O)NC(=O)[C@@H](NC(=O)CCCCCN1C(=O)C=CC1=O)C(C)C. The van der Waals surface area contributed by atoms with Gasteiger partial charge in [0.2, 0.25) is 17.7 Å². The quantitative estimate of drug-likeness (QED) is 0.0444. The monoisotopic (exact) mass is 1160 g/mol. The van der Waals surface area contributed by atoms with Crippen molar-refractivity contribution in [3.63, 3.8) is 0 Å². The number of nitrogens with one attached hydrogen (secondary N) is 6. The van der Waals surface area contributed by atoms with Gasteiger partial charge in [0.15, 0.2) is 5.72 Å². The number of aliphatic hydroxyl groups is 1. The van der Waals surface area contributed by atoms with Crippen molar-refractivity contribution in [2.75, 3.05) is 63.5 Å². The van der Waals surface area contributed by atoms with E-state index in [2.05, 4.69) is 31.9 Å². The second-order valence-electron chi connectivity index (χ2n) is 21.5. The third-order valence-corrected chi connectivity index (χ3v) is 15.4. The standard InChI is InChI=1S/C57H78ClN9O15/c1-32(2)49(64-45(68)18-11-10-12-25-67-46(69)21-22-47(67)70)52(72)63-38(16-14-24-60-53(59)73)51(71)62-37-20-19-36(30-40(37)77-7)61-54(74)81-43-23-26-66(6)39-28-35(29-41(78-8)48(39)58)27-33(3)15-13-17-44(79-9)57(76)31-42(80-55(75)65-57)34(4)50-56(43,5)82-50/h13,15,17,19-22,28-30,32,34,38,42-44,49-50,76H,10-12,14,16,18,23-27,31H2,1-9H3,(H,61,74)(H,62,71)(H,63,72)(H,64,68)(H,65,75)(H3,59,60,73)/b17-13+,33-15+/t34-,38+,42+,43+,44-,49+,50+,56+,57+/m1/s1. The van der Waals surface area contributed by atoms with E-state index >= 15 is 0 Å². The molecule has 0 aromatic heterocycles. The molecule has 0 aliphatic carbocycles. The Hall–Kier alpha value is -7.41. The molecule has 9 N–H and O–H groups in total. The van der Waals surface area contributed by atoms with Crippen LogP contribution in [-0.2, 0) is 49.3 Å². The summed E-state index contributed by atoms with van der Waals surface area (Å²) in [5.41, 5.74) is 5.22. The molecule has 2 saturated heterocycles. The molecule has 0 radical (unpaired) electrons. The summed E-state index contributed by atoms with van der Waals surface area (Å²) < 4.78 is 35.5. The molecule has 2 aromatic rings. The summed E-state index contributed by atoms with van der Waals surface area (Å²) >= 11 is 6.92. The van der Waals surface area contributed by atoms with Gasteiger partial charge in [0.25, 0.3) is 11.8 Å². The average Bonchev–Trinajstić information content (AvgIpc) is 4.00. The second-order valence-corrected chi connectivity index (χ2v) is 21.9. The molecule has 9 atom stereocenters. The zero-order valence-corrected chi connectivity index (χ0v) is 48.6. The molecule has 2 fully saturated rings. The lowest BCUT2D eigenvalue weighted by Gasteiger charge is -2.42. The second kappa shape index (κ2) is 28.5. The van der Waals surface area contributed by atoms with Gasteiger partial charge in [0.05, 0.1) is 31.7 Å². The molecular formula is C57H78ClN9O15. The van der Waals surface area contributed by atoms with E-state index in [9.17, 15) is 43.5 Å². The minimum atomic E-state index is -1.85. The number of methoxy groups -OCH3 is 3. The van der Waals surface area contributed by atoms with Gasteiger partial charge in [-0.1, -0.05) is 62.6 Å². The lowest BCUT2D eigenvalue weighted by molar-refractivity contribution is -0.142. The molecule has 25 heteroatoms. The molecule has 4 aliphatic rings. The number of primary amides is 1. The van der Waals surface area contributed by atoms with Crippen molar-refractivity contribution in [1.82, 2.24) is 26.2 Å². The summed E-state index contributed by atoms with van der Waals surface area (Å²) in [7, 11) is 6.18. The number of carbonyl (C=O) groups excluding carboxylic acids is 8. The number of benzene rings is 2. The largest absolute Gasteiger partial charge is 0.495 e. The first-order valence-corrected chi connectivity index (χ1v) is 27.7. The van der Waals surface area contributed by atoms with Crippen LogP contribution in [0.5, 0.6) is 11.5 Å². The van der Waals surface area contributed by atoms with Gasteiger partial charge >= 0.3 is 18.2 Å². The van der Waals surface area contributed by atoms with Crippen molar-refractivity contribution < 1.29 is 71.9 Å². The molecular weight excluding hydrogens is 1090 g/mol. The molecule has 9 amide bonds. The van der Waals surface area contributed by atoms with E-state index in [1.54, 1.807) is 32.9 Å². The first-order valence-electron chi connectivity index (χ1n) is 27.4. The van der Waals surface area contributed by atoms with Gasteiger partial charge in [-0.3, -0.25) is 39.5 Å². The molecule has 82 heavy (non-hydrogen) atoms. The van der Waals surface area contributed by atoms with Crippen LogP contribution < -0.4 is 52.0 Å². The number of amides is 9. The van der Waals surface area contributed by atoms with Crippen LogP contribution in [0.15, 0.2) is 66.3 Å². The Morgan fingerprint density at radius 1 is 0.951 bits per heavy atom. The zero-order chi connectivity index (χ0) is 60.1. The smallest absolute Gasteiger partial charge is 0.412 e. The van der Waals surface area contributed by atoms with Crippen LogP contribution >= 0.6 is 11.6 Å². The molecule has 4 bridgehead atoms.